The number of nitrogens with zero attached hydrogens (tertiary/aromatic N) is 2. The highest BCUT2D eigenvalue weighted by Crippen LogP contribution is 2.31. The SMILES string of the molecule is CCCCCCN(C(=O)c1cc(Br)ccc1Cl)c1nc2ccccc2s1. The number of amides is 1. The minimum atomic E-state index is -0.105. The molecule has 0 fully saturated rings. The first-order valence-electron chi connectivity index (χ1n) is 8.72. The molecule has 0 bridgehead atoms. The zero-order chi connectivity index (χ0) is 18.5. The predicted octanol–water partition coefficient (Wildman–Crippen LogP) is 6.94. The molecule has 0 N–H and O–H groups in total. The van der Waals surface area contributed by atoms with Gasteiger partial charge in [0.2, 0.25) is 0 Å². The molecule has 0 atom stereocenters. The van der Waals surface area contributed by atoms with Crippen LogP contribution in [-0.4, -0.2) is 17.4 Å². The number of carbonyl (C=O) groups is 1. The zero-order valence-corrected chi connectivity index (χ0v) is 17.7. The van der Waals surface area contributed by atoms with Crippen molar-refractivity contribution in [1.29, 1.82) is 0 Å². The lowest BCUT2D eigenvalue weighted by Gasteiger charge is -2.20. The van der Waals surface area contributed by atoms with Gasteiger partial charge in [-0.05, 0) is 36.8 Å². The summed E-state index contributed by atoms with van der Waals surface area (Å²) in [5, 5.41) is 1.18. The highest BCUT2D eigenvalue weighted by atomic mass is 79.9. The van der Waals surface area contributed by atoms with Crippen molar-refractivity contribution < 1.29 is 4.79 Å². The Morgan fingerprint density at radius 2 is 2.00 bits per heavy atom. The molecular formula is C20H20BrClN2OS. The third-order valence-electron chi connectivity index (χ3n) is 4.15. The lowest BCUT2D eigenvalue weighted by molar-refractivity contribution is 0.0986. The molecule has 1 heterocycles. The number of halogens is 2. The lowest BCUT2D eigenvalue weighted by Crippen LogP contribution is -2.32. The molecule has 1 aromatic heterocycles. The summed E-state index contributed by atoms with van der Waals surface area (Å²) in [6.07, 6.45) is 4.37. The molecular weight excluding hydrogens is 432 g/mol. The Kier molecular flexibility index (Phi) is 6.68. The van der Waals surface area contributed by atoms with E-state index in [1.807, 2.05) is 30.3 Å². The van der Waals surface area contributed by atoms with E-state index in [2.05, 4.69) is 27.8 Å². The fourth-order valence-corrected chi connectivity index (χ4v) is 4.31. The van der Waals surface area contributed by atoms with E-state index in [1.165, 1.54) is 6.42 Å². The molecule has 3 rings (SSSR count). The van der Waals surface area contributed by atoms with Gasteiger partial charge < -0.3 is 0 Å². The number of hydrogen-bond donors (Lipinski definition) is 0. The van der Waals surface area contributed by atoms with Gasteiger partial charge in [0.1, 0.15) is 0 Å². The van der Waals surface area contributed by atoms with Gasteiger partial charge in [-0.1, -0.05) is 77.2 Å². The first-order valence-corrected chi connectivity index (χ1v) is 10.7. The van der Waals surface area contributed by atoms with Crippen molar-refractivity contribution in [3.63, 3.8) is 0 Å². The quantitative estimate of drug-likeness (QED) is 0.364. The van der Waals surface area contributed by atoms with E-state index in [9.17, 15) is 4.79 Å². The summed E-state index contributed by atoms with van der Waals surface area (Å²) in [5.74, 6) is -0.105. The Balaban J connectivity index is 1.94. The molecule has 0 radical (unpaired) electrons. The fourth-order valence-electron chi connectivity index (χ4n) is 2.76. The average molecular weight is 452 g/mol. The summed E-state index contributed by atoms with van der Waals surface area (Å²) >= 11 is 11.3. The minimum Gasteiger partial charge on any atom is -0.284 e. The van der Waals surface area contributed by atoms with Crippen LogP contribution >= 0.6 is 38.9 Å². The molecule has 0 aliphatic heterocycles. The molecule has 1 amide bonds. The summed E-state index contributed by atoms with van der Waals surface area (Å²) in [5.41, 5.74) is 1.41. The number of hydrogen-bond acceptors (Lipinski definition) is 3. The Bertz CT molecular complexity index is 879. The van der Waals surface area contributed by atoms with E-state index in [4.69, 9.17) is 11.6 Å². The standard InChI is InChI=1S/C20H20BrClN2OS/c1-2-3-4-7-12-24(19(25)15-13-14(21)10-11-16(15)22)20-23-17-8-5-6-9-18(17)26-20/h5-6,8-11,13H,2-4,7,12H2,1H3. The van der Waals surface area contributed by atoms with Crippen molar-refractivity contribution in [2.24, 2.45) is 0 Å². The number of thiazole rings is 1. The molecule has 0 aliphatic rings. The van der Waals surface area contributed by atoms with Gasteiger partial charge in [0.15, 0.2) is 5.13 Å². The molecule has 26 heavy (non-hydrogen) atoms. The van der Waals surface area contributed by atoms with E-state index in [0.717, 1.165) is 39.1 Å². The molecule has 0 saturated carbocycles. The Morgan fingerprint density at radius 1 is 1.19 bits per heavy atom. The van der Waals surface area contributed by atoms with E-state index in [1.54, 1.807) is 28.4 Å². The Hall–Kier alpha value is -1.43. The van der Waals surface area contributed by atoms with Crippen molar-refractivity contribution in [3.8, 4) is 0 Å². The van der Waals surface area contributed by atoms with Crippen LogP contribution in [0.4, 0.5) is 5.13 Å². The second-order valence-corrected chi connectivity index (χ2v) is 8.44. The third kappa shape index (κ3) is 4.45. The van der Waals surface area contributed by atoms with Crippen LogP contribution in [-0.2, 0) is 0 Å². The number of aromatic nitrogens is 1. The topological polar surface area (TPSA) is 33.2 Å². The third-order valence-corrected chi connectivity index (χ3v) is 6.03. The van der Waals surface area contributed by atoms with Crippen LogP contribution in [0.2, 0.25) is 5.02 Å². The minimum absolute atomic E-state index is 0.105. The second kappa shape index (κ2) is 8.98. The highest BCUT2D eigenvalue weighted by molar-refractivity contribution is 9.10. The van der Waals surface area contributed by atoms with Crippen molar-refractivity contribution in [2.45, 2.75) is 32.6 Å². The highest BCUT2D eigenvalue weighted by Gasteiger charge is 2.23. The summed E-state index contributed by atoms with van der Waals surface area (Å²) in [6, 6.07) is 13.3. The molecule has 6 heteroatoms. The van der Waals surface area contributed by atoms with Crippen LogP contribution in [0.5, 0.6) is 0 Å². The smallest absolute Gasteiger partial charge is 0.261 e. The molecule has 0 unspecified atom stereocenters. The maximum absolute atomic E-state index is 13.2. The number of anilines is 1. The normalized spacial score (nSPS) is 11.0. The molecule has 136 valence electrons. The predicted molar refractivity (Wildman–Crippen MR) is 115 cm³/mol. The van der Waals surface area contributed by atoms with Crippen LogP contribution in [0.3, 0.4) is 0 Å². The summed E-state index contributed by atoms with van der Waals surface area (Å²) in [6.45, 7) is 2.82. The summed E-state index contributed by atoms with van der Waals surface area (Å²) < 4.78 is 1.91. The van der Waals surface area contributed by atoms with Crippen molar-refractivity contribution in [1.82, 2.24) is 4.98 Å². The number of benzene rings is 2. The second-order valence-electron chi connectivity index (χ2n) is 6.11. The maximum atomic E-state index is 13.2. The molecule has 0 spiro atoms. The number of para-hydroxylation sites is 1. The number of carbonyl (C=O) groups excluding carboxylic acids is 1. The Labute approximate surface area is 171 Å². The molecule has 3 nitrogen and oxygen atoms in total. The summed E-state index contributed by atoms with van der Waals surface area (Å²) in [4.78, 5) is 19.7. The average Bonchev–Trinajstić information content (AvgIpc) is 3.07. The van der Waals surface area contributed by atoms with Crippen LogP contribution in [0.25, 0.3) is 10.2 Å². The molecule has 3 aromatic rings. The first kappa shape index (κ1) is 19.3. The van der Waals surface area contributed by atoms with Gasteiger partial charge in [0.25, 0.3) is 5.91 Å². The van der Waals surface area contributed by atoms with Crippen molar-refractivity contribution in [2.75, 3.05) is 11.4 Å². The van der Waals surface area contributed by atoms with Crippen LogP contribution in [0.15, 0.2) is 46.9 Å². The van der Waals surface area contributed by atoms with Gasteiger partial charge in [-0.15, -0.1) is 0 Å². The molecule has 0 aliphatic carbocycles. The van der Waals surface area contributed by atoms with Gasteiger partial charge in [0, 0.05) is 11.0 Å². The monoisotopic (exact) mass is 450 g/mol. The van der Waals surface area contributed by atoms with Crippen LogP contribution < -0.4 is 4.90 Å². The van der Waals surface area contributed by atoms with Gasteiger partial charge in [-0.2, -0.15) is 0 Å². The lowest BCUT2D eigenvalue weighted by atomic mass is 10.1. The molecule has 0 saturated heterocycles. The maximum Gasteiger partial charge on any atom is 0.261 e. The van der Waals surface area contributed by atoms with Gasteiger partial charge in [-0.3, -0.25) is 9.69 Å². The van der Waals surface area contributed by atoms with Gasteiger partial charge in [-0.25, -0.2) is 4.98 Å². The largest absolute Gasteiger partial charge is 0.284 e. The molecule has 2 aromatic carbocycles. The fraction of sp³-hybridized carbons (Fsp3) is 0.300. The summed E-state index contributed by atoms with van der Waals surface area (Å²) in [7, 11) is 0. The van der Waals surface area contributed by atoms with E-state index >= 15 is 0 Å². The number of unbranched alkanes of at least 4 members (excludes halogenated alkanes) is 3. The van der Waals surface area contributed by atoms with Crippen molar-refractivity contribution >= 4 is 60.1 Å². The van der Waals surface area contributed by atoms with E-state index < -0.39 is 0 Å². The zero-order valence-electron chi connectivity index (χ0n) is 14.5. The Morgan fingerprint density at radius 3 is 2.77 bits per heavy atom. The van der Waals surface area contributed by atoms with Crippen LogP contribution in [0, 0.1) is 0 Å². The first-order chi connectivity index (χ1) is 12.6. The van der Waals surface area contributed by atoms with Gasteiger partial charge >= 0.3 is 0 Å². The van der Waals surface area contributed by atoms with Gasteiger partial charge in [0.05, 0.1) is 20.8 Å². The van der Waals surface area contributed by atoms with Crippen LogP contribution in [0.1, 0.15) is 43.0 Å². The van der Waals surface area contributed by atoms with Crippen molar-refractivity contribution in [3.05, 3.63) is 57.5 Å². The van der Waals surface area contributed by atoms with E-state index in [-0.39, 0.29) is 5.91 Å². The number of rotatable bonds is 7. The number of fused-ring (bicyclic) bond motifs is 1. The van der Waals surface area contributed by atoms with E-state index in [0.29, 0.717) is 17.1 Å².